The molecule has 0 aliphatic heterocycles. The van der Waals surface area contributed by atoms with Gasteiger partial charge in [-0.05, 0) is 60.1 Å². The van der Waals surface area contributed by atoms with Crippen molar-refractivity contribution in [3.05, 3.63) is 47.0 Å². The number of hydrogen-bond acceptors (Lipinski definition) is 1. The van der Waals surface area contributed by atoms with Gasteiger partial charge in [0.25, 0.3) is 0 Å². The van der Waals surface area contributed by atoms with E-state index in [4.69, 9.17) is 4.74 Å². The van der Waals surface area contributed by atoms with Crippen LogP contribution in [0.3, 0.4) is 0 Å². The largest absolute Gasteiger partial charge is 0.380 e. The first kappa shape index (κ1) is 12.9. The highest BCUT2D eigenvalue weighted by molar-refractivity contribution is 5.42. The zero-order valence-corrected chi connectivity index (χ0v) is 12.2. The van der Waals surface area contributed by atoms with Crippen LogP contribution in [0.4, 0.5) is 0 Å². The normalized spacial score (nSPS) is 29.8. The van der Waals surface area contributed by atoms with Crippen LogP contribution < -0.4 is 0 Å². The van der Waals surface area contributed by atoms with Crippen LogP contribution in [0, 0.1) is 5.92 Å². The van der Waals surface area contributed by atoms with Gasteiger partial charge in [0.1, 0.15) is 0 Å². The smallest absolute Gasteiger partial charge is 0.0713 e. The van der Waals surface area contributed by atoms with Crippen LogP contribution in [0.5, 0.6) is 0 Å². The summed E-state index contributed by atoms with van der Waals surface area (Å²) in [4.78, 5) is 0. The van der Waals surface area contributed by atoms with Gasteiger partial charge >= 0.3 is 0 Å². The molecule has 3 rings (SSSR count). The number of aryl methyl sites for hydroxylation is 1. The summed E-state index contributed by atoms with van der Waals surface area (Å²) < 4.78 is 5.25. The standard InChI is InChI=1S/C18H24O/c1-13-5-4-10-18(2)16(13)9-7-15-11-14(12-19-3)6-8-17(15)18/h6,8,11,16H,1,4-5,7,9-10,12H2,2-3H3/t16-,18-/m0/s1. The quantitative estimate of drug-likeness (QED) is 0.713. The average Bonchev–Trinajstić information content (AvgIpc) is 2.38. The first-order chi connectivity index (χ1) is 9.15. The van der Waals surface area contributed by atoms with Crippen LogP contribution in [0.15, 0.2) is 30.4 Å². The summed E-state index contributed by atoms with van der Waals surface area (Å²) in [6, 6.07) is 6.96. The van der Waals surface area contributed by atoms with E-state index in [0.29, 0.717) is 11.3 Å². The van der Waals surface area contributed by atoms with Gasteiger partial charge in [-0.15, -0.1) is 0 Å². The van der Waals surface area contributed by atoms with Gasteiger partial charge in [-0.1, -0.05) is 37.3 Å². The molecule has 0 spiro atoms. The SMILES string of the molecule is C=C1CCC[C@]2(C)c3ccc(COC)cc3CC[C@@H]12. The summed E-state index contributed by atoms with van der Waals surface area (Å²) in [5, 5.41) is 0. The Labute approximate surface area is 116 Å². The molecule has 2 aliphatic rings. The van der Waals surface area contributed by atoms with Gasteiger partial charge < -0.3 is 4.74 Å². The lowest BCUT2D eigenvalue weighted by Crippen LogP contribution is -2.40. The van der Waals surface area contributed by atoms with E-state index in [1.807, 2.05) is 0 Å². The zero-order valence-electron chi connectivity index (χ0n) is 12.2. The number of rotatable bonds is 2. The number of allylic oxidation sites excluding steroid dienone is 1. The highest BCUT2D eigenvalue weighted by atomic mass is 16.5. The molecule has 1 heteroatoms. The van der Waals surface area contributed by atoms with Crippen molar-refractivity contribution in [3.63, 3.8) is 0 Å². The van der Waals surface area contributed by atoms with Crippen molar-refractivity contribution in [1.82, 2.24) is 0 Å². The molecule has 2 atom stereocenters. The molecule has 0 aromatic heterocycles. The molecule has 0 N–H and O–H groups in total. The zero-order chi connectivity index (χ0) is 13.5. The predicted octanol–water partition coefficient (Wildman–Crippen LogP) is 4.39. The van der Waals surface area contributed by atoms with E-state index in [0.717, 1.165) is 6.61 Å². The van der Waals surface area contributed by atoms with Crippen LogP contribution in [-0.2, 0) is 23.2 Å². The minimum Gasteiger partial charge on any atom is -0.380 e. The molecule has 0 radical (unpaired) electrons. The Morgan fingerprint density at radius 2 is 2.21 bits per heavy atom. The molecule has 102 valence electrons. The number of benzene rings is 1. The maximum atomic E-state index is 5.25. The second-order valence-electron chi connectivity index (χ2n) is 6.45. The van der Waals surface area contributed by atoms with E-state index in [-0.39, 0.29) is 0 Å². The van der Waals surface area contributed by atoms with Crippen LogP contribution >= 0.6 is 0 Å². The number of ether oxygens (including phenoxy) is 1. The first-order valence-corrected chi connectivity index (χ1v) is 7.44. The monoisotopic (exact) mass is 256 g/mol. The fourth-order valence-corrected chi connectivity index (χ4v) is 4.29. The second kappa shape index (κ2) is 4.79. The molecule has 1 nitrogen and oxygen atoms in total. The Bertz CT molecular complexity index is 502. The maximum absolute atomic E-state index is 5.25. The molecule has 2 aliphatic carbocycles. The first-order valence-electron chi connectivity index (χ1n) is 7.44. The molecule has 1 aromatic rings. The predicted molar refractivity (Wildman–Crippen MR) is 79.3 cm³/mol. The minimum absolute atomic E-state index is 0.328. The van der Waals surface area contributed by atoms with E-state index >= 15 is 0 Å². The Balaban J connectivity index is 2.01. The molecule has 0 unspecified atom stereocenters. The van der Waals surface area contributed by atoms with Crippen molar-refractivity contribution in [2.45, 2.75) is 51.0 Å². The lowest BCUT2D eigenvalue weighted by molar-refractivity contribution is 0.184. The fraction of sp³-hybridized carbons (Fsp3) is 0.556. The van der Waals surface area contributed by atoms with E-state index in [1.54, 1.807) is 18.2 Å². The van der Waals surface area contributed by atoms with Crippen LogP contribution in [0.2, 0.25) is 0 Å². The van der Waals surface area contributed by atoms with Gasteiger partial charge in [-0.25, -0.2) is 0 Å². The Hall–Kier alpha value is -1.08. The molecular weight excluding hydrogens is 232 g/mol. The van der Waals surface area contributed by atoms with Gasteiger partial charge in [0.05, 0.1) is 6.61 Å². The highest BCUT2D eigenvalue weighted by Crippen LogP contribution is 2.51. The van der Waals surface area contributed by atoms with Gasteiger partial charge in [-0.3, -0.25) is 0 Å². The van der Waals surface area contributed by atoms with Gasteiger partial charge in [0.15, 0.2) is 0 Å². The van der Waals surface area contributed by atoms with E-state index < -0.39 is 0 Å². The topological polar surface area (TPSA) is 9.23 Å². The number of methoxy groups -OCH3 is 1. The molecule has 0 bridgehead atoms. The maximum Gasteiger partial charge on any atom is 0.0713 e. The molecular formula is C18H24O. The van der Waals surface area contributed by atoms with Gasteiger partial charge in [0.2, 0.25) is 0 Å². The molecule has 19 heavy (non-hydrogen) atoms. The number of hydrogen-bond donors (Lipinski definition) is 0. The van der Waals surface area contributed by atoms with E-state index in [9.17, 15) is 0 Å². The summed E-state index contributed by atoms with van der Waals surface area (Å²) in [7, 11) is 1.77. The number of fused-ring (bicyclic) bond motifs is 3. The van der Waals surface area contributed by atoms with Crippen LogP contribution in [0.1, 0.15) is 49.3 Å². The summed E-state index contributed by atoms with van der Waals surface area (Å²) in [6.45, 7) is 7.52. The highest BCUT2D eigenvalue weighted by Gasteiger charge is 2.43. The lowest BCUT2D eigenvalue weighted by Gasteiger charge is -2.47. The average molecular weight is 256 g/mol. The molecule has 1 saturated carbocycles. The van der Waals surface area contributed by atoms with Crippen molar-refractivity contribution in [2.75, 3.05) is 7.11 Å². The Kier molecular flexibility index (Phi) is 3.26. The Morgan fingerprint density at radius 3 is 3.00 bits per heavy atom. The van der Waals surface area contributed by atoms with Crippen molar-refractivity contribution in [1.29, 1.82) is 0 Å². The lowest BCUT2D eigenvalue weighted by atomic mass is 9.57. The third-order valence-electron chi connectivity index (χ3n) is 5.25. The van der Waals surface area contributed by atoms with Crippen molar-refractivity contribution in [2.24, 2.45) is 5.92 Å². The van der Waals surface area contributed by atoms with Gasteiger partial charge in [0, 0.05) is 7.11 Å². The summed E-state index contributed by atoms with van der Waals surface area (Å²) in [6.07, 6.45) is 6.32. The van der Waals surface area contributed by atoms with Crippen molar-refractivity contribution < 1.29 is 4.74 Å². The third-order valence-corrected chi connectivity index (χ3v) is 5.25. The van der Waals surface area contributed by atoms with Crippen molar-refractivity contribution >= 4 is 0 Å². The molecule has 1 fully saturated rings. The fourth-order valence-electron chi connectivity index (χ4n) is 4.29. The summed E-state index contributed by atoms with van der Waals surface area (Å²) >= 11 is 0. The minimum atomic E-state index is 0.328. The van der Waals surface area contributed by atoms with Crippen molar-refractivity contribution in [3.8, 4) is 0 Å². The molecule has 0 saturated heterocycles. The van der Waals surface area contributed by atoms with Crippen LogP contribution in [-0.4, -0.2) is 7.11 Å². The third kappa shape index (κ3) is 2.04. The molecule has 1 aromatic carbocycles. The van der Waals surface area contributed by atoms with Crippen LogP contribution in [0.25, 0.3) is 0 Å². The Morgan fingerprint density at radius 1 is 1.37 bits per heavy atom. The summed E-state index contributed by atoms with van der Waals surface area (Å²) in [5.74, 6) is 0.696. The molecule has 0 heterocycles. The van der Waals surface area contributed by atoms with E-state index in [1.165, 1.54) is 43.2 Å². The molecule has 0 amide bonds. The van der Waals surface area contributed by atoms with E-state index in [2.05, 4.69) is 31.7 Å². The summed E-state index contributed by atoms with van der Waals surface area (Å²) in [5.41, 5.74) is 6.24. The van der Waals surface area contributed by atoms with Gasteiger partial charge in [-0.2, -0.15) is 0 Å². The second-order valence-corrected chi connectivity index (χ2v) is 6.45.